The van der Waals surface area contributed by atoms with Gasteiger partial charge in [0, 0.05) is 18.2 Å². The normalized spacial score (nSPS) is 12.7. The lowest BCUT2D eigenvalue weighted by molar-refractivity contribution is -0.146. The van der Waals surface area contributed by atoms with Crippen molar-refractivity contribution in [2.75, 3.05) is 19.0 Å². The molecule has 0 aliphatic rings. The van der Waals surface area contributed by atoms with Crippen molar-refractivity contribution in [3.63, 3.8) is 0 Å². The van der Waals surface area contributed by atoms with Crippen LogP contribution in [-0.2, 0) is 19.7 Å². The van der Waals surface area contributed by atoms with Gasteiger partial charge in [-0.05, 0) is 31.5 Å². The second-order valence-electron chi connectivity index (χ2n) is 5.32. The lowest BCUT2D eigenvalue weighted by Crippen LogP contribution is -2.30. The molecule has 20 heavy (non-hydrogen) atoms. The average molecular weight is 278 g/mol. The number of carbonyl (C=O) groups is 2. The molecule has 5 nitrogen and oxygen atoms in total. The van der Waals surface area contributed by atoms with Gasteiger partial charge < -0.3 is 15.8 Å². The van der Waals surface area contributed by atoms with Gasteiger partial charge in [0.1, 0.15) is 0 Å². The highest BCUT2D eigenvalue weighted by Gasteiger charge is 2.30. The summed E-state index contributed by atoms with van der Waals surface area (Å²) < 4.78 is 4.79. The molecule has 0 saturated carbocycles. The van der Waals surface area contributed by atoms with E-state index in [1.165, 1.54) is 7.11 Å². The van der Waals surface area contributed by atoms with E-state index in [0.717, 1.165) is 5.56 Å². The monoisotopic (exact) mass is 278 g/mol. The SMILES string of the molecule is COC(=O)C(C)(C)c1ccc(NC(=O)C(C)CN)cc1. The molecule has 1 rings (SSSR count). The minimum atomic E-state index is -0.720. The molecule has 5 heteroatoms. The van der Waals surface area contributed by atoms with E-state index in [2.05, 4.69) is 5.32 Å². The Morgan fingerprint density at radius 3 is 2.30 bits per heavy atom. The summed E-state index contributed by atoms with van der Waals surface area (Å²) in [5.74, 6) is -0.653. The molecule has 1 amide bonds. The van der Waals surface area contributed by atoms with Gasteiger partial charge in [-0.1, -0.05) is 19.1 Å². The number of esters is 1. The van der Waals surface area contributed by atoms with Gasteiger partial charge in [-0.25, -0.2) is 0 Å². The number of nitrogens with one attached hydrogen (secondary N) is 1. The van der Waals surface area contributed by atoms with E-state index in [0.29, 0.717) is 12.2 Å². The van der Waals surface area contributed by atoms with Gasteiger partial charge in [-0.2, -0.15) is 0 Å². The summed E-state index contributed by atoms with van der Waals surface area (Å²) in [7, 11) is 1.37. The fourth-order valence-corrected chi connectivity index (χ4v) is 1.72. The van der Waals surface area contributed by atoms with Crippen LogP contribution in [0.1, 0.15) is 26.3 Å². The van der Waals surface area contributed by atoms with Crippen LogP contribution in [0.25, 0.3) is 0 Å². The van der Waals surface area contributed by atoms with Crippen LogP contribution in [0, 0.1) is 5.92 Å². The van der Waals surface area contributed by atoms with E-state index in [4.69, 9.17) is 10.5 Å². The van der Waals surface area contributed by atoms with E-state index >= 15 is 0 Å². The molecule has 1 atom stereocenters. The van der Waals surface area contributed by atoms with Crippen molar-refractivity contribution >= 4 is 17.6 Å². The van der Waals surface area contributed by atoms with Crippen molar-refractivity contribution in [2.45, 2.75) is 26.2 Å². The zero-order valence-corrected chi connectivity index (χ0v) is 12.4. The van der Waals surface area contributed by atoms with E-state index in [1.54, 1.807) is 45.0 Å². The Morgan fingerprint density at radius 2 is 1.85 bits per heavy atom. The highest BCUT2D eigenvalue weighted by Crippen LogP contribution is 2.26. The molecular weight excluding hydrogens is 256 g/mol. The molecule has 1 aromatic carbocycles. The largest absolute Gasteiger partial charge is 0.468 e. The second kappa shape index (κ2) is 6.52. The molecule has 1 aromatic rings. The lowest BCUT2D eigenvalue weighted by atomic mass is 9.85. The first-order valence-corrected chi connectivity index (χ1v) is 6.52. The van der Waals surface area contributed by atoms with Gasteiger partial charge in [0.05, 0.1) is 12.5 Å². The number of hydrogen-bond acceptors (Lipinski definition) is 4. The molecule has 3 N–H and O–H groups in total. The zero-order valence-electron chi connectivity index (χ0n) is 12.4. The van der Waals surface area contributed by atoms with Crippen LogP contribution in [0.5, 0.6) is 0 Å². The zero-order chi connectivity index (χ0) is 15.3. The molecular formula is C15H22N2O3. The number of rotatable bonds is 5. The number of anilines is 1. The van der Waals surface area contributed by atoms with Gasteiger partial charge in [0.2, 0.25) is 5.91 Å². The standard InChI is InChI=1S/C15H22N2O3/c1-10(9-16)13(18)17-12-7-5-11(6-8-12)15(2,3)14(19)20-4/h5-8,10H,9,16H2,1-4H3,(H,17,18). The third-order valence-corrected chi connectivity index (χ3v) is 3.37. The van der Waals surface area contributed by atoms with Crippen LogP contribution in [-0.4, -0.2) is 25.5 Å². The van der Waals surface area contributed by atoms with Crippen molar-refractivity contribution in [1.82, 2.24) is 0 Å². The molecule has 0 radical (unpaired) electrons. The van der Waals surface area contributed by atoms with Crippen LogP contribution < -0.4 is 11.1 Å². The maximum atomic E-state index is 11.7. The minimum Gasteiger partial charge on any atom is -0.468 e. The van der Waals surface area contributed by atoms with Crippen LogP contribution in [0.2, 0.25) is 0 Å². The maximum Gasteiger partial charge on any atom is 0.315 e. The van der Waals surface area contributed by atoms with Gasteiger partial charge in [-0.3, -0.25) is 9.59 Å². The van der Waals surface area contributed by atoms with Crippen molar-refractivity contribution in [2.24, 2.45) is 11.7 Å². The predicted octanol–water partition coefficient (Wildman–Crippen LogP) is 1.67. The average Bonchev–Trinajstić information content (AvgIpc) is 2.45. The summed E-state index contributed by atoms with van der Waals surface area (Å²) in [5, 5.41) is 2.78. The minimum absolute atomic E-state index is 0.118. The van der Waals surface area contributed by atoms with E-state index in [-0.39, 0.29) is 17.8 Å². The number of methoxy groups -OCH3 is 1. The number of nitrogens with two attached hydrogens (primary N) is 1. The molecule has 0 spiro atoms. The molecule has 0 aromatic heterocycles. The number of amides is 1. The number of ether oxygens (including phenoxy) is 1. The molecule has 0 aliphatic carbocycles. The van der Waals surface area contributed by atoms with Gasteiger partial charge >= 0.3 is 5.97 Å². The molecule has 0 fully saturated rings. The molecule has 0 bridgehead atoms. The Balaban J connectivity index is 2.84. The first kappa shape index (κ1) is 16.2. The first-order valence-electron chi connectivity index (χ1n) is 6.52. The fourth-order valence-electron chi connectivity index (χ4n) is 1.72. The van der Waals surface area contributed by atoms with E-state index in [9.17, 15) is 9.59 Å². The Hall–Kier alpha value is -1.88. The molecule has 0 saturated heterocycles. The fraction of sp³-hybridized carbons (Fsp3) is 0.467. The Kier molecular flexibility index (Phi) is 5.27. The van der Waals surface area contributed by atoms with Gasteiger partial charge in [-0.15, -0.1) is 0 Å². The van der Waals surface area contributed by atoms with Crippen molar-refractivity contribution in [1.29, 1.82) is 0 Å². The third-order valence-electron chi connectivity index (χ3n) is 3.37. The third kappa shape index (κ3) is 3.57. The second-order valence-corrected chi connectivity index (χ2v) is 5.32. The lowest BCUT2D eigenvalue weighted by Gasteiger charge is -2.22. The van der Waals surface area contributed by atoms with Crippen molar-refractivity contribution < 1.29 is 14.3 Å². The summed E-state index contributed by atoms with van der Waals surface area (Å²) in [5.41, 5.74) is 6.23. The van der Waals surface area contributed by atoms with Crippen LogP contribution >= 0.6 is 0 Å². The molecule has 0 aliphatic heterocycles. The Bertz CT molecular complexity index is 480. The van der Waals surface area contributed by atoms with Crippen LogP contribution in [0.15, 0.2) is 24.3 Å². The summed E-state index contributed by atoms with van der Waals surface area (Å²) in [4.78, 5) is 23.4. The van der Waals surface area contributed by atoms with E-state index < -0.39 is 5.41 Å². The number of benzene rings is 1. The molecule has 110 valence electrons. The maximum absolute atomic E-state index is 11.7. The van der Waals surface area contributed by atoms with Crippen molar-refractivity contribution in [3.05, 3.63) is 29.8 Å². The van der Waals surface area contributed by atoms with Crippen molar-refractivity contribution in [3.8, 4) is 0 Å². The molecule has 0 heterocycles. The topological polar surface area (TPSA) is 81.4 Å². The number of carbonyl (C=O) groups excluding carboxylic acids is 2. The number of hydrogen-bond donors (Lipinski definition) is 2. The smallest absolute Gasteiger partial charge is 0.315 e. The Morgan fingerprint density at radius 1 is 1.30 bits per heavy atom. The van der Waals surface area contributed by atoms with Gasteiger partial charge in [0.25, 0.3) is 0 Å². The van der Waals surface area contributed by atoms with Crippen LogP contribution in [0.4, 0.5) is 5.69 Å². The van der Waals surface area contributed by atoms with E-state index in [1.807, 2.05) is 0 Å². The molecule has 1 unspecified atom stereocenters. The summed E-state index contributed by atoms with van der Waals surface area (Å²) in [6.07, 6.45) is 0. The summed E-state index contributed by atoms with van der Waals surface area (Å²) >= 11 is 0. The van der Waals surface area contributed by atoms with Crippen LogP contribution in [0.3, 0.4) is 0 Å². The summed E-state index contributed by atoms with van der Waals surface area (Å²) in [6, 6.07) is 7.14. The van der Waals surface area contributed by atoms with Gasteiger partial charge in [0.15, 0.2) is 0 Å². The summed E-state index contributed by atoms with van der Waals surface area (Å²) in [6.45, 7) is 5.66. The first-order chi connectivity index (χ1) is 9.32. The predicted molar refractivity (Wildman–Crippen MR) is 78.3 cm³/mol. The highest BCUT2D eigenvalue weighted by atomic mass is 16.5. The Labute approximate surface area is 119 Å². The highest BCUT2D eigenvalue weighted by molar-refractivity contribution is 5.92. The quantitative estimate of drug-likeness (QED) is 0.803.